The van der Waals surface area contributed by atoms with E-state index in [0.717, 1.165) is 40.7 Å². The van der Waals surface area contributed by atoms with Crippen molar-refractivity contribution in [3.05, 3.63) is 33.3 Å². The number of nitrogens with zero attached hydrogens (tertiary/aromatic N) is 1. The fourth-order valence-electron chi connectivity index (χ4n) is 3.70. The molecule has 2 fully saturated rings. The first kappa shape index (κ1) is 14.8. The van der Waals surface area contributed by atoms with Gasteiger partial charge in [0.2, 0.25) is 0 Å². The normalized spacial score (nSPS) is 29.1. The van der Waals surface area contributed by atoms with E-state index in [1.807, 2.05) is 6.07 Å². The van der Waals surface area contributed by atoms with Crippen LogP contribution in [0, 0.1) is 0 Å². The van der Waals surface area contributed by atoms with E-state index in [4.69, 9.17) is 11.6 Å². The summed E-state index contributed by atoms with van der Waals surface area (Å²) in [6.45, 7) is 4.41. The lowest BCUT2D eigenvalue weighted by Gasteiger charge is -2.37. The Kier molecular flexibility index (Phi) is 4.71. The molecule has 0 aliphatic carbocycles. The predicted molar refractivity (Wildman–Crippen MR) is 88.2 cm³/mol. The van der Waals surface area contributed by atoms with Crippen molar-refractivity contribution < 1.29 is 0 Å². The van der Waals surface area contributed by atoms with Gasteiger partial charge in [-0.1, -0.05) is 24.6 Å². The van der Waals surface area contributed by atoms with Gasteiger partial charge in [0.05, 0.1) is 5.02 Å². The number of halogens is 2. The van der Waals surface area contributed by atoms with Crippen LogP contribution in [0.15, 0.2) is 22.7 Å². The standard InChI is InChI=1S/C16H22BrClN2/c1-2-20(10-11-3-6-16(18)15(17)7-11)14-8-12-4-5-13(9-14)19-12/h3,6-7,12-14,19H,2,4-5,8-10H2,1H3. The van der Waals surface area contributed by atoms with Crippen LogP contribution in [0.25, 0.3) is 0 Å². The molecule has 0 amide bonds. The van der Waals surface area contributed by atoms with Gasteiger partial charge in [0, 0.05) is 29.1 Å². The number of hydrogen-bond donors (Lipinski definition) is 1. The average molecular weight is 358 g/mol. The first-order valence-electron chi connectivity index (χ1n) is 7.59. The summed E-state index contributed by atoms with van der Waals surface area (Å²) in [4.78, 5) is 2.63. The van der Waals surface area contributed by atoms with Gasteiger partial charge >= 0.3 is 0 Å². The van der Waals surface area contributed by atoms with Crippen LogP contribution in [0.2, 0.25) is 5.02 Å². The van der Waals surface area contributed by atoms with E-state index in [1.54, 1.807) is 0 Å². The molecule has 2 aliphatic rings. The Bertz CT molecular complexity index is 468. The zero-order chi connectivity index (χ0) is 14.1. The molecule has 1 N–H and O–H groups in total. The van der Waals surface area contributed by atoms with Crippen molar-refractivity contribution >= 4 is 27.5 Å². The van der Waals surface area contributed by atoms with Crippen LogP contribution in [-0.2, 0) is 6.54 Å². The van der Waals surface area contributed by atoms with Crippen molar-refractivity contribution in [2.45, 2.75) is 57.3 Å². The van der Waals surface area contributed by atoms with E-state index < -0.39 is 0 Å². The van der Waals surface area contributed by atoms with Crippen molar-refractivity contribution in [1.29, 1.82) is 0 Å². The Morgan fingerprint density at radius 1 is 1.30 bits per heavy atom. The van der Waals surface area contributed by atoms with Crippen molar-refractivity contribution in [2.24, 2.45) is 0 Å². The summed E-state index contributed by atoms with van der Waals surface area (Å²) >= 11 is 9.60. The third kappa shape index (κ3) is 3.22. The molecular weight excluding hydrogens is 336 g/mol. The van der Waals surface area contributed by atoms with Crippen LogP contribution in [-0.4, -0.2) is 29.6 Å². The van der Waals surface area contributed by atoms with Crippen LogP contribution in [0.4, 0.5) is 0 Å². The zero-order valence-electron chi connectivity index (χ0n) is 11.9. The maximum atomic E-state index is 6.08. The summed E-state index contributed by atoms with van der Waals surface area (Å²) in [5.41, 5.74) is 1.34. The quantitative estimate of drug-likeness (QED) is 0.868. The van der Waals surface area contributed by atoms with Crippen molar-refractivity contribution in [1.82, 2.24) is 10.2 Å². The van der Waals surface area contributed by atoms with Crippen LogP contribution >= 0.6 is 27.5 Å². The Balaban J connectivity index is 1.68. The van der Waals surface area contributed by atoms with Crippen LogP contribution in [0.3, 0.4) is 0 Å². The Hall–Kier alpha value is -0.0900. The van der Waals surface area contributed by atoms with Gasteiger partial charge in [0.25, 0.3) is 0 Å². The number of hydrogen-bond acceptors (Lipinski definition) is 2. The largest absolute Gasteiger partial charge is 0.311 e. The second-order valence-corrected chi connectivity index (χ2v) is 7.34. The van der Waals surface area contributed by atoms with Gasteiger partial charge in [-0.15, -0.1) is 0 Å². The van der Waals surface area contributed by atoms with Gasteiger partial charge in [0.1, 0.15) is 0 Å². The molecule has 0 radical (unpaired) electrons. The summed E-state index contributed by atoms with van der Waals surface area (Å²) in [6, 6.07) is 8.52. The molecule has 110 valence electrons. The van der Waals surface area contributed by atoms with Crippen LogP contribution < -0.4 is 5.32 Å². The molecule has 2 atom stereocenters. The molecule has 20 heavy (non-hydrogen) atoms. The molecule has 0 spiro atoms. The topological polar surface area (TPSA) is 15.3 Å². The molecule has 0 saturated carbocycles. The summed E-state index contributed by atoms with van der Waals surface area (Å²) < 4.78 is 0.998. The van der Waals surface area contributed by atoms with Crippen molar-refractivity contribution in [2.75, 3.05) is 6.54 Å². The molecule has 1 aromatic rings. The predicted octanol–water partition coefficient (Wildman–Crippen LogP) is 4.21. The maximum absolute atomic E-state index is 6.08. The third-order valence-electron chi connectivity index (χ3n) is 4.74. The van der Waals surface area contributed by atoms with Gasteiger partial charge in [-0.05, 0) is 65.9 Å². The van der Waals surface area contributed by atoms with E-state index in [1.165, 1.54) is 31.2 Å². The second-order valence-electron chi connectivity index (χ2n) is 6.07. The Morgan fingerprint density at radius 3 is 2.60 bits per heavy atom. The lowest BCUT2D eigenvalue weighted by atomic mass is 9.97. The van der Waals surface area contributed by atoms with Gasteiger partial charge in [0.15, 0.2) is 0 Å². The SMILES string of the molecule is CCN(Cc1ccc(Cl)c(Br)c1)C1CC2CCC(C1)N2. The highest BCUT2D eigenvalue weighted by Gasteiger charge is 2.35. The van der Waals surface area contributed by atoms with E-state index in [2.05, 4.69) is 45.2 Å². The number of fused-ring (bicyclic) bond motifs is 2. The highest BCUT2D eigenvalue weighted by molar-refractivity contribution is 9.10. The second kappa shape index (κ2) is 6.35. The van der Waals surface area contributed by atoms with E-state index >= 15 is 0 Å². The molecule has 4 heteroatoms. The van der Waals surface area contributed by atoms with E-state index in [9.17, 15) is 0 Å². The minimum atomic E-state index is 0.730. The lowest BCUT2D eigenvalue weighted by molar-refractivity contribution is 0.140. The summed E-state index contributed by atoms with van der Waals surface area (Å²) in [7, 11) is 0. The smallest absolute Gasteiger partial charge is 0.0548 e. The fourth-order valence-corrected chi connectivity index (χ4v) is 4.24. The highest BCUT2D eigenvalue weighted by atomic mass is 79.9. The maximum Gasteiger partial charge on any atom is 0.0548 e. The van der Waals surface area contributed by atoms with Crippen LogP contribution in [0.5, 0.6) is 0 Å². The molecule has 2 bridgehead atoms. The molecule has 2 aliphatic heterocycles. The number of rotatable bonds is 4. The molecule has 2 heterocycles. The summed E-state index contributed by atoms with van der Waals surface area (Å²) in [5, 5.41) is 4.52. The molecule has 1 aromatic carbocycles. The summed E-state index contributed by atoms with van der Waals surface area (Å²) in [5.74, 6) is 0. The van der Waals surface area contributed by atoms with E-state index in [-0.39, 0.29) is 0 Å². The van der Waals surface area contributed by atoms with Crippen molar-refractivity contribution in [3.8, 4) is 0 Å². The molecule has 2 saturated heterocycles. The minimum Gasteiger partial charge on any atom is -0.311 e. The van der Waals surface area contributed by atoms with Gasteiger partial charge < -0.3 is 5.32 Å². The van der Waals surface area contributed by atoms with E-state index in [0.29, 0.717) is 0 Å². The molecule has 2 nitrogen and oxygen atoms in total. The molecule has 3 rings (SSSR count). The highest BCUT2D eigenvalue weighted by Crippen LogP contribution is 2.31. The summed E-state index contributed by atoms with van der Waals surface area (Å²) in [6.07, 6.45) is 5.34. The lowest BCUT2D eigenvalue weighted by Crippen LogP contribution is -2.47. The molecule has 0 aromatic heterocycles. The Morgan fingerprint density at radius 2 is 2.00 bits per heavy atom. The number of piperidine rings is 1. The van der Waals surface area contributed by atoms with Gasteiger partial charge in [-0.25, -0.2) is 0 Å². The molecular formula is C16H22BrClN2. The Labute approximate surface area is 135 Å². The molecule has 2 unspecified atom stereocenters. The van der Waals surface area contributed by atoms with Gasteiger partial charge in [-0.3, -0.25) is 4.90 Å². The first-order valence-corrected chi connectivity index (χ1v) is 8.77. The number of nitrogens with one attached hydrogen (secondary N) is 1. The average Bonchev–Trinajstić information content (AvgIpc) is 2.78. The fraction of sp³-hybridized carbons (Fsp3) is 0.625. The monoisotopic (exact) mass is 356 g/mol. The first-order chi connectivity index (χ1) is 9.65. The zero-order valence-corrected chi connectivity index (χ0v) is 14.3. The van der Waals surface area contributed by atoms with Crippen LogP contribution in [0.1, 0.15) is 38.2 Å². The number of benzene rings is 1. The van der Waals surface area contributed by atoms with Gasteiger partial charge in [-0.2, -0.15) is 0 Å². The van der Waals surface area contributed by atoms with Crippen molar-refractivity contribution in [3.63, 3.8) is 0 Å². The minimum absolute atomic E-state index is 0.730. The third-order valence-corrected chi connectivity index (χ3v) is 5.95.